The SMILES string of the molecule is O=CC(Br)c1ccccc1F. The third kappa shape index (κ3) is 1.87. The highest BCUT2D eigenvalue weighted by Gasteiger charge is 2.09. The monoisotopic (exact) mass is 216 g/mol. The molecule has 0 aromatic heterocycles. The predicted octanol–water partition coefficient (Wildman–Crippen LogP) is 2.46. The van der Waals surface area contributed by atoms with Gasteiger partial charge >= 0.3 is 0 Å². The largest absolute Gasteiger partial charge is 0.302 e. The summed E-state index contributed by atoms with van der Waals surface area (Å²) in [6.45, 7) is 0. The summed E-state index contributed by atoms with van der Waals surface area (Å²) in [5.74, 6) is -0.360. The lowest BCUT2D eigenvalue weighted by molar-refractivity contribution is -0.107. The lowest BCUT2D eigenvalue weighted by atomic mass is 10.1. The van der Waals surface area contributed by atoms with Gasteiger partial charge in [-0.05, 0) is 6.07 Å². The van der Waals surface area contributed by atoms with Crippen LogP contribution in [0.5, 0.6) is 0 Å². The van der Waals surface area contributed by atoms with E-state index in [0.717, 1.165) is 0 Å². The first-order valence-electron chi connectivity index (χ1n) is 3.09. The van der Waals surface area contributed by atoms with E-state index in [2.05, 4.69) is 15.9 Å². The third-order valence-electron chi connectivity index (χ3n) is 1.32. The van der Waals surface area contributed by atoms with Crippen molar-refractivity contribution in [3.63, 3.8) is 0 Å². The van der Waals surface area contributed by atoms with Gasteiger partial charge in [0.25, 0.3) is 0 Å². The van der Waals surface area contributed by atoms with Crippen LogP contribution >= 0.6 is 15.9 Å². The molecule has 58 valence electrons. The van der Waals surface area contributed by atoms with Gasteiger partial charge in [0.05, 0.1) is 4.83 Å². The van der Waals surface area contributed by atoms with Gasteiger partial charge in [0.1, 0.15) is 12.1 Å². The van der Waals surface area contributed by atoms with Crippen LogP contribution in [-0.2, 0) is 4.79 Å². The highest BCUT2D eigenvalue weighted by Crippen LogP contribution is 2.22. The van der Waals surface area contributed by atoms with Crippen molar-refractivity contribution in [2.75, 3.05) is 0 Å². The first-order chi connectivity index (χ1) is 5.25. The van der Waals surface area contributed by atoms with Gasteiger partial charge in [0, 0.05) is 5.56 Å². The smallest absolute Gasteiger partial charge is 0.138 e. The molecule has 0 radical (unpaired) electrons. The summed E-state index contributed by atoms with van der Waals surface area (Å²) in [6.07, 6.45) is 0.651. The molecule has 11 heavy (non-hydrogen) atoms. The molecule has 1 atom stereocenters. The summed E-state index contributed by atoms with van der Waals surface area (Å²) in [5, 5.41) is 0. The van der Waals surface area contributed by atoms with Crippen molar-refractivity contribution in [1.29, 1.82) is 0 Å². The Bertz CT molecular complexity index is 262. The Balaban J connectivity index is 3.02. The van der Waals surface area contributed by atoms with Crippen molar-refractivity contribution in [2.45, 2.75) is 4.83 Å². The Morgan fingerprint density at radius 3 is 2.64 bits per heavy atom. The van der Waals surface area contributed by atoms with E-state index < -0.39 is 4.83 Å². The average molecular weight is 217 g/mol. The normalized spacial score (nSPS) is 12.5. The lowest BCUT2D eigenvalue weighted by Crippen LogP contribution is -1.93. The molecule has 1 rings (SSSR count). The van der Waals surface area contributed by atoms with Gasteiger partial charge in [-0.25, -0.2) is 4.39 Å². The molecule has 0 fully saturated rings. The van der Waals surface area contributed by atoms with Crippen LogP contribution < -0.4 is 0 Å². The molecule has 3 heteroatoms. The van der Waals surface area contributed by atoms with Crippen LogP contribution in [0.3, 0.4) is 0 Å². The molecule has 0 aliphatic heterocycles. The molecule has 0 spiro atoms. The molecule has 0 amide bonds. The van der Waals surface area contributed by atoms with E-state index in [1.54, 1.807) is 18.2 Å². The number of carbonyl (C=O) groups excluding carboxylic acids is 1. The number of hydrogen-bond acceptors (Lipinski definition) is 1. The molecule has 1 aromatic rings. The fourth-order valence-corrected chi connectivity index (χ4v) is 1.14. The molecule has 1 aromatic carbocycles. The van der Waals surface area contributed by atoms with Crippen LogP contribution in [0.1, 0.15) is 10.4 Å². The second kappa shape index (κ2) is 3.62. The van der Waals surface area contributed by atoms with Crippen LogP contribution in [0, 0.1) is 5.82 Å². The number of alkyl halides is 1. The van der Waals surface area contributed by atoms with Crippen LogP contribution in [-0.4, -0.2) is 6.29 Å². The van der Waals surface area contributed by atoms with Gasteiger partial charge in [-0.2, -0.15) is 0 Å². The standard InChI is InChI=1S/C8H6BrFO/c9-7(5-11)6-3-1-2-4-8(6)10/h1-5,7H. The van der Waals surface area contributed by atoms with Crippen molar-refractivity contribution in [1.82, 2.24) is 0 Å². The molecule has 0 N–H and O–H groups in total. The van der Waals surface area contributed by atoms with Crippen molar-refractivity contribution in [3.05, 3.63) is 35.6 Å². The van der Waals surface area contributed by atoms with E-state index in [9.17, 15) is 9.18 Å². The molecule has 0 saturated heterocycles. The highest BCUT2D eigenvalue weighted by atomic mass is 79.9. The molecule has 0 saturated carbocycles. The van der Waals surface area contributed by atoms with Crippen LogP contribution in [0.2, 0.25) is 0 Å². The molecule has 0 aliphatic carbocycles. The Morgan fingerprint density at radius 2 is 2.09 bits per heavy atom. The number of carbonyl (C=O) groups is 1. The average Bonchev–Trinajstić information content (AvgIpc) is 2.04. The summed E-state index contributed by atoms with van der Waals surface area (Å²) >= 11 is 3.03. The van der Waals surface area contributed by atoms with Gasteiger partial charge in [0.2, 0.25) is 0 Å². The van der Waals surface area contributed by atoms with Gasteiger partial charge in [-0.1, -0.05) is 34.1 Å². The van der Waals surface area contributed by atoms with Crippen molar-refractivity contribution in [2.24, 2.45) is 0 Å². The number of halogens is 2. The van der Waals surface area contributed by atoms with Crippen LogP contribution in [0.15, 0.2) is 24.3 Å². The predicted molar refractivity (Wildman–Crippen MR) is 44.1 cm³/mol. The van der Waals surface area contributed by atoms with E-state index in [-0.39, 0.29) is 5.82 Å². The Labute approximate surface area is 72.4 Å². The summed E-state index contributed by atoms with van der Waals surface area (Å²) in [5.41, 5.74) is 0.377. The Kier molecular flexibility index (Phi) is 2.76. The van der Waals surface area contributed by atoms with E-state index in [1.165, 1.54) is 6.07 Å². The minimum Gasteiger partial charge on any atom is -0.302 e. The minimum absolute atomic E-state index is 0.360. The zero-order valence-corrected chi connectivity index (χ0v) is 7.21. The summed E-state index contributed by atoms with van der Waals surface area (Å²) in [4.78, 5) is 9.71. The quantitative estimate of drug-likeness (QED) is 0.549. The van der Waals surface area contributed by atoms with Crippen LogP contribution in [0.25, 0.3) is 0 Å². The minimum atomic E-state index is -0.538. The third-order valence-corrected chi connectivity index (χ3v) is 2.03. The molecular formula is C8H6BrFO. The van der Waals surface area contributed by atoms with E-state index in [4.69, 9.17) is 0 Å². The van der Waals surface area contributed by atoms with E-state index >= 15 is 0 Å². The Hall–Kier alpha value is -0.700. The van der Waals surface area contributed by atoms with Crippen molar-refractivity contribution in [3.8, 4) is 0 Å². The van der Waals surface area contributed by atoms with E-state index in [1.807, 2.05) is 0 Å². The number of benzene rings is 1. The zero-order chi connectivity index (χ0) is 8.27. The zero-order valence-electron chi connectivity index (χ0n) is 5.63. The number of aldehydes is 1. The second-order valence-corrected chi connectivity index (χ2v) is 3.05. The fourth-order valence-electron chi connectivity index (χ4n) is 0.772. The molecular weight excluding hydrogens is 211 g/mol. The van der Waals surface area contributed by atoms with Gasteiger partial charge in [-0.15, -0.1) is 0 Å². The summed E-state index contributed by atoms with van der Waals surface area (Å²) in [6, 6.07) is 6.18. The van der Waals surface area contributed by atoms with Gasteiger partial charge < -0.3 is 4.79 Å². The first kappa shape index (κ1) is 8.40. The molecule has 0 aliphatic rings. The maximum absolute atomic E-state index is 12.8. The second-order valence-electron chi connectivity index (χ2n) is 2.06. The van der Waals surface area contributed by atoms with Crippen molar-refractivity contribution < 1.29 is 9.18 Å². The molecule has 0 bridgehead atoms. The summed E-state index contributed by atoms with van der Waals surface area (Å²) in [7, 11) is 0. The fraction of sp³-hybridized carbons (Fsp3) is 0.125. The van der Waals surface area contributed by atoms with Gasteiger partial charge in [-0.3, -0.25) is 0 Å². The van der Waals surface area contributed by atoms with Gasteiger partial charge in [0.15, 0.2) is 0 Å². The van der Waals surface area contributed by atoms with Crippen molar-refractivity contribution >= 4 is 22.2 Å². The number of hydrogen-bond donors (Lipinski definition) is 0. The topological polar surface area (TPSA) is 17.1 Å². The molecule has 1 unspecified atom stereocenters. The maximum atomic E-state index is 12.8. The van der Waals surface area contributed by atoms with Crippen LogP contribution in [0.4, 0.5) is 4.39 Å². The summed E-state index contributed by atoms with van der Waals surface area (Å²) < 4.78 is 12.8. The van der Waals surface area contributed by atoms with E-state index in [0.29, 0.717) is 11.8 Å². The maximum Gasteiger partial charge on any atom is 0.138 e. The first-order valence-corrected chi connectivity index (χ1v) is 4.01. The highest BCUT2D eigenvalue weighted by molar-refractivity contribution is 9.09. The molecule has 1 nitrogen and oxygen atoms in total. The lowest BCUT2D eigenvalue weighted by Gasteiger charge is -2.01. The molecule has 0 heterocycles. The Morgan fingerprint density at radius 1 is 1.45 bits per heavy atom. The number of rotatable bonds is 2.